The number of benzene rings is 1. The van der Waals surface area contributed by atoms with E-state index in [1.165, 1.54) is 12.0 Å². The van der Waals surface area contributed by atoms with Gasteiger partial charge >= 0.3 is 0 Å². The zero-order valence-electron chi connectivity index (χ0n) is 17.0. The molecule has 0 aliphatic carbocycles. The second-order valence-electron chi connectivity index (χ2n) is 7.14. The molecule has 31 heavy (non-hydrogen) atoms. The van der Waals surface area contributed by atoms with Gasteiger partial charge in [-0.05, 0) is 77.0 Å². The van der Waals surface area contributed by atoms with E-state index in [0.717, 1.165) is 27.1 Å². The molecule has 2 unspecified atom stereocenters. The van der Waals surface area contributed by atoms with Gasteiger partial charge in [0.2, 0.25) is 5.91 Å². The van der Waals surface area contributed by atoms with Crippen LogP contribution in [0, 0.1) is 6.92 Å². The Morgan fingerprint density at radius 2 is 2.19 bits per heavy atom. The molecule has 6 nitrogen and oxygen atoms in total. The van der Waals surface area contributed by atoms with E-state index in [1.54, 1.807) is 17.5 Å². The standard InChI is InChI=1S/C22H21BrN4O2S2/c1-13-9-15(6-7-16(13)25-19(28)11-29-2)27-21(18-10-14(23)12-31-18)20(26-22(27)30)17-5-3-4-8-24-17/h3-10,12,20-21H,11H2,1-2H3,(H,25,28)(H,26,30). The van der Waals surface area contributed by atoms with Crippen LogP contribution in [0.4, 0.5) is 11.4 Å². The van der Waals surface area contributed by atoms with E-state index in [0.29, 0.717) is 5.11 Å². The predicted molar refractivity (Wildman–Crippen MR) is 132 cm³/mol. The average Bonchev–Trinajstić information content (AvgIpc) is 3.33. The van der Waals surface area contributed by atoms with Gasteiger partial charge in [-0.1, -0.05) is 6.07 Å². The number of carbonyl (C=O) groups is 1. The van der Waals surface area contributed by atoms with Crippen LogP contribution < -0.4 is 15.5 Å². The van der Waals surface area contributed by atoms with Crippen molar-refractivity contribution in [2.45, 2.75) is 19.0 Å². The van der Waals surface area contributed by atoms with Crippen molar-refractivity contribution in [1.29, 1.82) is 0 Å². The van der Waals surface area contributed by atoms with E-state index in [2.05, 4.69) is 47.9 Å². The number of aromatic nitrogens is 1. The third kappa shape index (κ3) is 4.64. The highest BCUT2D eigenvalue weighted by molar-refractivity contribution is 9.10. The summed E-state index contributed by atoms with van der Waals surface area (Å²) in [6, 6.07) is 13.8. The van der Waals surface area contributed by atoms with Crippen LogP contribution in [0.5, 0.6) is 0 Å². The second kappa shape index (κ2) is 9.44. The SMILES string of the molecule is COCC(=O)Nc1ccc(N2C(=S)NC(c3ccccn3)C2c2cc(Br)cs2)cc1C. The van der Waals surface area contributed by atoms with Crippen LogP contribution in [0.1, 0.15) is 28.2 Å². The largest absolute Gasteiger partial charge is 0.375 e. The van der Waals surface area contributed by atoms with Crippen molar-refractivity contribution in [3.05, 3.63) is 74.6 Å². The minimum Gasteiger partial charge on any atom is -0.375 e. The number of halogens is 1. The molecule has 1 aliphatic rings. The number of thiocarbonyl (C=S) groups is 1. The van der Waals surface area contributed by atoms with Crippen molar-refractivity contribution in [2.75, 3.05) is 23.9 Å². The van der Waals surface area contributed by atoms with Gasteiger partial charge in [0.1, 0.15) is 6.61 Å². The number of methoxy groups -OCH3 is 1. The molecule has 0 spiro atoms. The summed E-state index contributed by atoms with van der Waals surface area (Å²) in [6.45, 7) is 1.98. The van der Waals surface area contributed by atoms with Gasteiger partial charge in [-0.3, -0.25) is 9.78 Å². The van der Waals surface area contributed by atoms with Gasteiger partial charge in [-0.15, -0.1) is 11.3 Å². The predicted octanol–water partition coefficient (Wildman–Crippen LogP) is 4.98. The fourth-order valence-corrected chi connectivity index (χ4v) is 5.58. The molecule has 0 saturated carbocycles. The first-order chi connectivity index (χ1) is 15.0. The number of carbonyl (C=O) groups excluding carboxylic acids is 1. The summed E-state index contributed by atoms with van der Waals surface area (Å²) >= 11 is 11.0. The Labute approximate surface area is 198 Å². The summed E-state index contributed by atoms with van der Waals surface area (Å²) < 4.78 is 5.94. The molecule has 160 valence electrons. The van der Waals surface area contributed by atoms with Crippen molar-refractivity contribution in [2.24, 2.45) is 0 Å². The molecule has 1 saturated heterocycles. The van der Waals surface area contributed by atoms with E-state index < -0.39 is 0 Å². The molecule has 3 heterocycles. The molecular weight excluding hydrogens is 496 g/mol. The number of thiophene rings is 1. The maximum absolute atomic E-state index is 11.9. The summed E-state index contributed by atoms with van der Waals surface area (Å²) in [5.74, 6) is -0.187. The Bertz CT molecular complexity index is 1110. The maximum atomic E-state index is 11.9. The average molecular weight is 517 g/mol. The van der Waals surface area contributed by atoms with Crippen LogP contribution in [0.25, 0.3) is 0 Å². The van der Waals surface area contributed by atoms with Crippen LogP contribution in [-0.4, -0.2) is 29.7 Å². The fourth-order valence-electron chi connectivity index (χ4n) is 3.66. The lowest BCUT2D eigenvalue weighted by atomic mass is 10.0. The van der Waals surface area contributed by atoms with E-state index in [-0.39, 0.29) is 24.6 Å². The number of rotatable bonds is 6. The molecule has 1 aromatic carbocycles. The van der Waals surface area contributed by atoms with Gasteiger partial charge in [0.05, 0.1) is 17.8 Å². The molecule has 2 N–H and O–H groups in total. The minimum absolute atomic E-state index is 0.0163. The van der Waals surface area contributed by atoms with E-state index in [1.807, 2.05) is 43.3 Å². The van der Waals surface area contributed by atoms with E-state index in [4.69, 9.17) is 17.0 Å². The van der Waals surface area contributed by atoms with Gasteiger partial charge in [-0.2, -0.15) is 0 Å². The summed E-state index contributed by atoms with van der Waals surface area (Å²) in [4.78, 5) is 19.8. The molecule has 4 rings (SSSR count). The summed E-state index contributed by atoms with van der Waals surface area (Å²) in [6.07, 6.45) is 1.80. The number of amides is 1. The number of ether oxygens (including phenoxy) is 1. The number of hydrogen-bond donors (Lipinski definition) is 2. The third-order valence-corrected chi connectivity index (χ3v) is 7.09. The molecular formula is C22H21BrN4O2S2. The van der Waals surface area contributed by atoms with Crippen molar-refractivity contribution < 1.29 is 9.53 Å². The number of nitrogens with zero attached hydrogens (tertiary/aromatic N) is 2. The van der Waals surface area contributed by atoms with Gasteiger partial charge < -0.3 is 20.3 Å². The molecule has 0 bridgehead atoms. The molecule has 0 radical (unpaired) electrons. The lowest BCUT2D eigenvalue weighted by Gasteiger charge is -2.27. The van der Waals surface area contributed by atoms with Crippen LogP contribution >= 0.6 is 39.5 Å². The van der Waals surface area contributed by atoms with Gasteiger partial charge in [0, 0.05) is 39.4 Å². The second-order valence-corrected chi connectivity index (χ2v) is 9.39. The van der Waals surface area contributed by atoms with Crippen molar-refractivity contribution in [3.8, 4) is 0 Å². The quantitative estimate of drug-likeness (QED) is 0.450. The lowest BCUT2D eigenvalue weighted by Crippen LogP contribution is -2.29. The Hall–Kier alpha value is -2.33. The summed E-state index contributed by atoms with van der Waals surface area (Å²) in [5, 5.41) is 9.05. The number of nitrogens with one attached hydrogen (secondary N) is 2. The summed E-state index contributed by atoms with van der Waals surface area (Å²) in [7, 11) is 1.50. The Balaban J connectivity index is 1.71. The fraction of sp³-hybridized carbons (Fsp3) is 0.227. The number of anilines is 2. The zero-order valence-corrected chi connectivity index (χ0v) is 20.2. The molecule has 1 aliphatic heterocycles. The van der Waals surface area contributed by atoms with Crippen LogP contribution in [0.15, 0.2) is 58.5 Å². The molecule has 3 aromatic rings. The van der Waals surface area contributed by atoms with Crippen LogP contribution in [-0.2, 0) is 9.53 Å². The lowest BCUT2D eigenvalue weighted by molar-refractivity contribution is -0.119. The first-order valence-corrected chi connectivity index (χ1v) is 11.7. The molecule has 1 fully saturated rings. The topological polar surface area (TPSA) is 66.5 Å². The van der Waals surface area contributed by atoms with Crippen LogP contribution in [0.3, 0.4) is 0 Å². The Kier molecular flexibility index (Phi) is 6.66. The number of hydrogen-bond acceptors (Lipinski definition) is 5. The first kappa shape index (κ1) is 21.9. The van der Waals surface area contributed by atoms with Gasteiger partial charge in [0.15, 0.2) is 5.11 Å². The van der Waals surface area contributed by atoms with E-state index >= 15 is 0 Å². The molecule has 9 heteroatoms. The Morgan fingerprint density at radius 1 is 1.35 bits per heavy atom. The minimum atomic E-state index is -0.187. The monoisotopic (exact) mass is 516 g/mol. The molecule has 1 amide bonds. The number of aryl methyl sites for hydroxylation is 1. The highest BCUT2D eigenvalue weighted by Gasteiger charge is 2.41. The van der Waals surface area contributed by atoms with Crippen molar-refractivity contribution >= 4 is 61.9 Å². The van der Waals surface area contributed by atoms with Gasteiger partial charge in [-0.25, -0.2) is 0 Å². The molecule has 2 aromatic heterocycles. The van der Waals surface area contributed by atoms with Crippen molar-refractivity contribution in [1.82, 2.24) is 10.3 Å². The highest BCUT2D eigenvalue weighted by atomic mass is 79.9. The maximum Gasteiger partial charge on any atom is 0.250 e. The third-order valence-electron chi connectivity index (χ3n) is 5.02. The normalized spacial score (nSPS) is 18.2. The smallest absolute Gasteiger partial charge is 0.250 e. The summed E-state index contributed by atoms with van der Waals surface area (Å²) in [5.41, 5.74) is 3.58. The molecule has 2 atom stereocenters. The van der Waals surface area contributed by atoms with E-state index in [9.17, 15) is 4.79 Å². The Morgan fingerprint density at radius 3 is 2.84 bits per heavy atom. The number of pyridine rings is 1. The highest BCUT2D eigenvalue weighted by Crippen LogP contribution is 2.44. The zero-order chi connectivity index (χ0) is 22.0. The first-order valence-electron chi connectivity index (χ1n) is 9.62. The van der Waals surface area contributed by atoms with Crippen molar-refractivity contribution in [3.63, 3.8) is 0 Å². The van der Waals surface area contributed by atoms with Gasteiger partial charge in [0.25, 0.3) is 0 Å². The van der Waals surface area contributed by atoms with Crippen LogP contribution in [0.2, 0.25) is 0 Å².